The van der Waals surface area contributed by atoms with Gasteiger partial charge in [0.15, 0.2) is 0 Å². The molecule has 0 bridgehead atoms. The fourth-order valence-electron chi connectivity index (χ4n) is 8.47. The zero-order valence-electron chi connectivity index (χ0n) is 36.7. The van der Waals surface area contributed by atoms with Gasteiger partial charge >= 0.3 is 0 Å². The van der Waals surface area contributed by atoms with Crippen LogP contribution in [0, 0.1) is 6.33 Å². The molecule has 0 aliphatic carbocycles. The third-order valence-electron chi connectivity index (χ3n) is 12.1. The lowest BCUT2D eigenvalue weighted by atomic mass is 9.78. The first-order chi connectivity index (χ1) is 30.6. The van der Waals surface area contributed by atoms with Crippen LogP contribution < -0.4 is 9.30 Å². The topological polar surface area (TPSA) is 35.9 Å². The number of hydrogen-bond donors (Lipinski definition) is 0. The molecule has 10 rings (SSSR count). The van der Waals surface area contributed by atoms with Gasteiger partial charge in [-0.25, -0.2) is 4.98 Å². The zero-order chi connectivity index (χ0) is 43.3. The number of imidazole rings is 1. The van der Waals surface area contributed by atoms with Gasteiger partial charge in [-0.1, -0.05) is 149 Å². The van der Waals surface area contributed by atoms with E-state index >= 15 is 0 Å². The minimum absolute atomic E-state index is 0.00925. The quantitative estimate of drug-likeness (QED) is 0.102. The summed E-state index contributed by atoms with van der Waals surface area (Å²) in [5.74, 6) is 2.07. The van der Waals surface area contributed by atoms with Crippen molar-refractivity contribution < 1.29 is 12.0 Å². The molecule has 0 aliphatic rings. The summed E-state index contributed by atoms with van der Waals surface area (Å²) in [6.07, 6.45) is 5.29. The first-order valence-electron chi connectivity index (χ1n) is 21.7. The smallest absolute Gasteiger partial charge is 0.268 e. The lowest BCUT2D eigenvalue weighted by molar-refractivity contribution is -0.599. The van der Waals surface area contributed by atoms with Crippen LogP contribution in [0.1, 0.15) is 52.7 Å². The van der Waals surface area contributed by atoms with Gasteiger partial charge in [0.25, 0.3) is 6.33 Å². The molecule has 0 fully saturated rings. The monoisotopic (exact) mass is 792 g/mol. The maximum absolute atomic E-state index is 9.21. The molecular formula is C56H46N4O. The molecule has 61 heavy (non-hydrogen) atoms. The Hall–Kier alpha value is -7.50. The van der Waals surface area contributed by atoms with E-state index in [0.717, 1.165) is 50.0 Å². The Morgan fingerprint density at radius 1 is 0.541 bits per heavy atom. The van der Waals surface area contributed by atoms with Crippen molar-refractivity contribution in [2.24, 2.45) is 0 Å². The standard InChI is InChI=1S/C56H46N4O/c1-55(2,42-19-10-6-11-20-42)44-23-16-24-46(35-44)58-31-32-59(39-58)47-33-41(40-17-8-5-9-18-40)34-49(37-47)61-48-27-28-51-50-25-14-15-26-52(50)60(53(51)38-48)54-36-45(29-30-57-54)56(3,4)43-21-12-7-13-22-43/h5-38H,1-4H3/i31D,32D. The van der Waals surface area contributed by atoms with Crippen LogP contribution in [-0.2, 0) is 10.8 Å². The molecule has 0 saturated heterocycles. The second kappa shape index (κ2) is 15.3. The van der Waals surface area contributed by atoms with Crippen molar-refractivity contribution in [2.45, 2.75) is 38.5 Å². The van der Waals surface area contributed by atoms with Crippen molar-refractivity contribution in [3.8, 4) is 39.8 Å². The van der Waals surface area contributed by atoms with Gasteiger partial charge in [0, 0.05) is 46.2 Å². The van der Waals surface area contributed by atoms with Crippen LogP contribution in [0.15, 0.2) is 207 Å². The van der Waals surface area contributed by atoms with Crippen molar-refractivity contribution in [1.82, 2.24) is 14.1 Å². The van der Waals surface area contributed by atoms with Crippen LogP contribution in [0.25, 0.3) is 50.1 Å². The maximum atomic E-state index is 9.21. The predicted octanol–water partition coefficient (Wildman–Crippen LogP) is 13.2. The Morgan fingerprint density at radius 3 is 1.92 bits per heavy atom. The molecule has 5 nitrogen and oxygen atoms in total. The average Bonchev–Trinajstić information content (AvgIpc) is 3.82. The second-order valence-electron chi connectivity index (χ2n) is 16.6. The molecule has 7 aromatic carbocycles. The van der Waals surface area contributed by atoms with Gasteiger partial charge in [-0.2, -0.15) is 0 Å². The third-order valence-corrected chi connectivity index (χ3v) is 12.1. The van der Waals surface area contributed by atoms with E-state index in [1.807, 2.05) is 66.9 Å². The number of pyridine rings is 1. The lowest BCUT2D eigenvalue weighted by Crippen LogP contribution is -2.29. The SMILES string of the molecule is [2H]c1c([2H])[n+](-c2cccc(C(C)(C)c3ccccc3)c2)[c-]n1-c1cc(Oc2ccc3c4ccccc4n(-c4cc(C(C)(C)c5ccccc5)ccn4)c3c2)cc(-c2ccccc2)c1. The second-order valence-corrected chi connectivity index (χ2v) is 16.6. The summed E-state index contributed by atoms with van der Waals surface area (Å²) in [5, 5.41) is 2.22. The van der Waals surface area contributed by atoms with E-state index in [4.69, 9.17) is 11.1 Å². The summed E-state index contributed by atoms with van der Waals surface area (Å²) >= 11 is 0. The predicted molar refractivity (Wildman–Crippen MR) is 247 cm³/mol. The first kappa shape index (κ1) is 35.4. The molecule has 0 spiro atoms. The highest BCUT2D eigenvalue weighted by atomic mass is 16.5. The molecule has 0 amide bonds. The van der Waals surface area contributed by atoms with Gasteiger partial charge in [0.05, 0.1) is 25.1 Å². The Balaban J connectivity index is 1.06. The van der Waals surface area contributed by atoms with Gasteiger partial charge in [0.2, 0.25) is 0 Å². The average molecular weight is 793 g/mol. The van der Waals surface area contributed by atoms with E-state index in [9.17, 15) is 1.37 Å². The lowest BCUT2D eigenvalue weighted by Gasteiger charge is -2.26. The molecule has 3 heterocycles. The Bertz CT molecular complexity index is 3280. The highest BCUT2D eigenvalue weighted by Gasteiger charge is 2.25. The molecule has 10 aromatic rings. The molecule has 3 aromatic heterocycles. The van der Waals surface area contributed by atoms with Gasteiger partial charge in [-0.05, 0) is 94.0 Å². The summed E-state index contributed by atoms with van der Waals surface area (Å²) in [6, 6.07) is 64.2. The summed E-state index contributed by atoms with van der Waals surface area (Å²) in [5.41, 5.74) is 9.52. The van der Waals surface area contributed by atoms with Crippen LogP contribution in [0.4, 0.5) is 0 Å². The van der Waals surface area contributed by atoms with Crippen molar-refractivity contribution in [3.63, 3.8) is 0 Å². The minimum Gasteiger partial charge on any atom is -0.458 e. The molecule has 0 unspecified atom stereocenters. The number of aromatic nitrogens is 4. The molecule has 5 heteroatoms. The van der Waals surface area contributed by atoms with Gasteiger partial charge in [-0.15, -0.1) is 0 Å². The minimum atomic E-state index is -0.278. The summed E-state index contributed by atoms with van der Waals surface area (Å²) in [7, 11) is 0. The van der Waals surface area contributed by atoms with Crippen LogP contribution in [-0.4, -0.2) is 14.1 Å². The highest BCUT2D eigenvalue weighted by Crippen LogP contribution is 2.38. The van der Waals surface area contributed by atoms with Crippen LogP contribution in [0.3, 0.4) is 0 Å². The fourth-order valence-corrected chi connectivity index (χ4v) is 8.47. The summed E-state index contributed by atoms with van der Waals surface area (Å²) < 4.78 is 30.7. The third kappa shape index (κ3) is 7.08. The van der Waals surface area contributed by atoms with Crippen molar-refractivity contribution >= 4 is 21.8 Å². The van der Waals surface area contributed by atoms with E-state index in [0.29, 0.717) is 17.2 Å². The largest absolute Gasteiger partial charge is 0.458 e. The van der Waals surface area contributed by atoms with Crippen LogP contribution >= 0.6 is 0 Å². The van der Waals surface area contributed by atoms with Crippen LogP contribution in [0.2, 0.25) is 0 Å². The van der Waals surface area contributed by atoms with E-state index in [1.54, 1.807) is 9.13 Å². The molecule has 0 saturated carbocycles. The van der Waals surface area contributed by atoms with Gasteiger partial charge in [0.1, 0.15) is 17.3 Å². The highest BCUT2D eigenvalue weighted by molar-refractivity contribution is 6.09. The number of hydrogen-bond acceptors (Lipinski definition) is 2. The molecule has 296 valence electrons. The Labute approximate surface area is 360 Å². The van der Waals surface area contributed by atoms with E-state index in [-0.39, 0.29) is 23.2 Å². The van der Waals surface area contributed by atoms with Gasteiger partial charge < -0.3 is 4.74 Å². The van der Waals surface area contributed by atoms with E-state index < -0.39 is 0 Å². The Morgan fingerprint density at radius 2 is 1.18 bits per heavy atom. The molecule has 0 N–H and O–H groups in total. The summed E-state index contributed by atoms with van der Waals surface area (Å²) in [6.45, 7) is 8.91. The van der Waals surface area contributed by atoms with Gasteiger partial charge in [-0.3, -0.25) is 13.7 Å². The zero-order valence-corrected chi connectivity index (χ0v) is 34.7. The van der Waals surface area contributed by atoms with E-state index in [1.165, 1.54) is 16.7 Å². The molecule has 0 atom stereocenters. The maximum Gasteiger partial charge on any atom is 0.268 e. The number of benzene rings is 7. The van der Waals surface area contributed by atoms with E-state index in [2.05, 4.69) is 166 Å². The first-order valence-corrected chi connectivity index (χ1v) is 20.7. The van der Waals surface area contributed by atoms with Crippen LogP contribution in [0.5, 0.6) is 11.5 Å². The number of rotatable bonds is 10. The Kier molecular flexibility index (Phi) is 8.87. The van der Waals surface area contributed by atoms with Crippen molar-refractivity contribution in [1.29, 1.82) is 0 Å². The molecule has 0 radical (unpaired) electrons. The normalized spacial score (nSPS) is 12.4. The summed E-state index contributed by atoms with van der Waals surface area (Å²) in [4.78, 5) is 4.94. The number of ether oxygens (including phenoxy) is 1. The van der Waals surface area contributed by atoms with Crippen molar-refractivity contribution in [3.05, 3.63) is 235 Å². The number of nitrogens with zero attached hydrogens (tertiary/aromatic N) is 4. The number of fused-ring (bicyclic) bond motifs is 3. The number of para-hydroxylation sites is 1. The molecular weight excluding hydrogens is 745 g/mol. The molecule has 0 aliphatic heterocycles. The van der Waals surface area contributed by atoms with Crippen molar-refractivity contribution in [2.75, 3.05) is 0 Å². The fraction of sp³-hybridized carbons (Fsp3) is 0.107.